The Labute approximate surface area is 181 Å². The van der Waals surface area contributed by atoms with Crippen molar-refractivity contribution in [2.75, 3.05) is 29.0 Å². The minimum atomic E-state index is 0.0855. The molecule has 0 aliphatic carbocycles. The predicted octanol–water partition coefficient (Wildman–Crippen LogP) is 3.35. The second kappa shape index (κ2) is 8.55. The van der Waals surface area contributed by atoms with Gasteiger partial charge in [-0.05, 0) is 43.5 Å². The van der Waals surface area contributed by atoms with Gasteiger partial charge in [0.1, 0.15) is 18.0 Å². The second-order valence-corrected chi connectivity index (χ2v) is 7.69. The lowest BCUT2D eigenvalue weighted by molar-refractivity contribution is -0.117. The van der Waals surface area contributed by atoms with Crippen molar-refractivity contribution in [1.29, 1.82) is 5.41 Å². The van der Waals surface area contributed by atoms with Crippen LogP contribution in [0.15, 0.2) is 48.8 Å². The van der Waals surface area contributed by atoms with Crippen molar-refractivity contribution in [3.63, 3.8) is 0 Å². The van der Waals surface area contributed by atoms with E-state index in [1.807, 2.05) is 61.2 Å². The van der Waals surface area contributed by atoms with E-state index < -0.39 is 0 Å². The van der Waals surface area contributed by atoms with Gasteiger partial charge in [-0.1, -0.05) is 35.9 Å². The Bertz CT molecular complexity index is 1160. The van der Waals surface area contributed by atoms with Gasteiger partial charge in [0.25, 0.3) is 0 Å². The van der Waals surface area contributed by atoms with E-state index in [1.165, 1.54) is 6.33 Å². The molecule has 158 valence electrons. The summed E-state index contributed by atoms with van der Waals surface area (Å²) in [5.74, 6) is 0.907. The number of carbonyl (C=O) groups is 1. The zero-order valence-corrected chi connectivity index (χ0v) is 17.8. The number of nitrogens with one attached hydrogen (secondary N) is 2. The number of amides is 1. The van der Waals surface area contributed by atoms with Gasteiger partial charge in [-0.25, -0.2) is 9.97 Å². The number of nitrogens with two attached hydrogens (primary N) is 1. The molecule has 2 aromatic carbocycles. The highest BCUT2D eigenvalue weighted by Crippen LogP contribution is 2.31. The molecule has 7 heteroatoms. The predicted molar refractivity (Wildman–Crippen MR) is 124 cm³/mol. The molecule has 0 saturated carbocycles. The Hall–Kier alpha value is -3.74. The molecule has 1 aromatic heterocycles. The van der Waals surface area contributed by atoms with E-state index in [-0.39, 0.29) is 17.4 Å². The summed E-state index contributed by atoms with van der Waals surface area (Å²) in [4.78, 5) is 23.1. The Morgan fingerprint density at radius 3 is 2.84 bits per heavy atom. The number of hydrogen-bond acceptors (Lipinski definition) is 6. The first-order chi connectivity index (χ1) is 15.0. The fourth-order valence-electron chi connectivity index (χ4n) is 4.00. The van der Waals surface area contributed by atoms with Crippen molar-refractivity contribution < 1.29 is 4.79 Å². The molecule has 4 rings (SSSR count). The fourth-order valence-corrected chi connectivity index (χ4v) is 4.00. The standard InChI is InChI=1S/C24H26N6O/c1-3-27-24-21(23(26)28-14-29-24)22(25)18-7-8-19-17(13-18)9-10-30(19)20(31)12-16-6-4-5-15(2)11-16/h4-8,11,13-14,25H,3,9-10,12H2,1-2H3,(H3,26,27,28,29). The van der Waals surface area contributed by atoms with Crippen LogP contribution in [0, 0.1) is 12.3 Å². The van der Waals surface area contributed by atoms with Gasteiger partial charge in [0, 0.05) is 24.3 Å². The van der Waals surface area contributed by atoms with Crippen LogP contribution in [-0.2, 0) is 17.6 Å². The molecule has 1 amide bonds. The number of hydrogen-bond donors (Lipinski definition) is 3. The number of rotatable bonds is 6. The van der Waals surface area contributed by atoms with Crippen molar-refractivity contribution in [2.24, 2.45) is 0 Å². The van der Waals surface area contributed by atoms with Crippen LogP contribution >= 0.6 is 0 Å². The molecule has 0 saturated heterocycles. The van der Waals surface area contributed by atoms with Crippen LogP contribution in [0.4, 0.5) is 17.3 Å². The van der Waals surface area contributed by atoms with E-state index in [0.717, 1.165) is 34.4 Å². The van der Waals surface area contributed by atoms with Crippen molar-refractivity contribution in [2.45, 2.75) is 26.7 Å². The highest BCUT2D eigenvalue weighted by atomic mass is 16.2. The quantitative estimate of drug-likeness (QED) is 0.536. The summed E-state index contributed by atoms with van der Waals surface area (Å²) < 4.78 is 0. The maximum Gasteiger partial charge on any atom is 0.231 e. The largest absolute Gasteiger partial charge is 0.383 e. The lowest BCUT2D eigenvalue weighted by atomic mass is 10.00. The maximum absolute atomic E-state index is 12.9. The normalized spacial score (nSPS) is 12.5. The number of carbonyl (C=O) groups excluding carboxylic acids is 1. The van der Waals surface area contributed by atoms with Gasteiger partial charge in [-0.3, -0.25) is 10.2 Å². The van der Waals surface area contributed by atoms with Crippen LogP contribution in [-0.4, -0.2) is 34.7 Å². The topological polar surface area (TPSA) is 108 Å². The molecule has 2 heterocycles. The van der Waals surface area contributed by atoms with Crippen molar-refractivity contribution >= 4 is 28.9 Å². The molecule has 4 N–H and O–H groups in total. The van der Waals surface area contributed by atoms with Crippen molar-refractivity contribution in [3.05, 3.63) is 76.6 Å². The van der Waals surface area contributed by atoms with Crippen LogP contribution in [0.2, 0.25) is 0 Å². The molecular formula is C24H26N6O. The summed E-state index contributed by atoms with van der Waals surface area (Å²) >= 11 is 0. The number of aromatic nitrogens is 2. The average molecular weight is 415 g/mol. The van der Waals surface area contributed by atoms with E-state index in [2.05, 4.69) is 15.3 Å². The van der Waals surface area contributed by atoms with E-state index in [4.69, 9.17) is 11.1 Å². The first-order valence-corrected chi connectivity index (χ1v) is 10.4. The fraction of sp³-hybridized carbons (Fsp3) is 0.250. The summed E-state index contributed by atoms with van der Waals surface area (Å²) in [7, 11) is 0. The summed E-state index contributed by atoms with van der Waals surface area (Å²) in [6, 6.07) is 13.8. The first-order valence-electron chi connectivity index (χ1n) is 10.4. The Kier molecular flexibility index (Phi) is 5.66. The molecule has 0 bridgehead atoms. The zero-order valence-electron chi connectivity index (χ0n) is 17.8. The summed E-state index contributed by atoms with van der Waals surface area (Å²) in [5, 5.41) is 11.9. The molecular weight excluding hydrogens is 388 g/mol. The smallest absolute Gasteiger partial charge is 0.231 e. The third-order valence-electron chi connectivity index (χ3n) is 5.47. The second-order valence-electron chi connectivity index (χ2n) is 7.69. The number of aryl methyl sites for hydroxylation is 1. The minimum Gasteiger partial charge on any atom is -0.383 e. The van der Waals surface area contributed by atoms with E-state index in [0.29, 0.717) is 30.9 Å². The highest BCUT2D eigenvalue weighted by molar-refractivity contribution is 6.16. The van der Waals surface area contributed by atoms with Crippen LogP contribution in [0.5, 0.6) is 0 Å². The Balaban J connectivity index is 1.58. The van der Waals surface area contributed by atoms with Crippen LogP contribution in [0.1, 0.15) is 34.7 Å². The minimum absolute atomic E-state index is 0.0855. The Morgan fingerprint density at radius 1 is 1.23 bits per heavy atom. The number of benzene rings is 2. The molecule has 1 aliphatic rings. The van der Waals surface area contributed by atoms with Gasteiger partial charge in [0.2, 0.25) is 5.91 Å². The maximum atomic E-state index is 12.9. The lowest BCUT2D eigenvalue weighted by Gasteiger charge is -2.18. The molecule has 0 atom stereocenters. The van der Waals surface area contributed by atoms with Crippen LogP contribution < -0.4 is 16.0 Å². The van der Waals surface area contributed by atoms with E-state index in [9.17, 15) is 4.79 Å². The van der Waals surface area contributed by atoms with Gasteiger partial charge >= 0.3 is 0 Å². The summed E-state index contributed by atoms with van der Waals surface area (Å²) in [6.07, 6.45) is 2.53. The molecule has 0 unspecified atom stereocenters. The zero-order chi connectivity index (χ0) is 22.0. The van der Waals surface area contributed by atoms with Crippen molar-refractivity contribution in [1.82, 2.24) is 9.97 Å². The van der Waals surface area contributed by atoms with E-state index in [1.54, 1.807) is 0 Å². The monoisotopic (exact) mass is 414 g/mol. The number of fused-ring (bicyclic) bond motifs is 1. The number of anilines is 3. The summed E-state index contributed by atoms with van der Waals surface area (Å²) in [6.45, 7) is 5.31. The first kappa shape index (κ1) is 20.5. The highest BCUT2D eigenvalue weighted by Gasteiger charge is 2.26. The third kappa shape index (κ3) is 4.12. The molecule has 7 nitrogen and oxygen atoms in total. The lowest BCUT2D eigenvalue weighted by Crippen LogP contribution is -2.30. The van der Waals surface area contributed by atoms with Gasteiger partial charge in [-0.2, -0.15) is 0 Å². The Morgan fingerprint density at radius 2 is 2.06 bits per heavy atom. The average Bonchev–Trinajstić information content (AvgIpc) is 3.17. The third-order valence-corrected chi connectivity index (χ3v) is 5.47. The van der Waals surface area contributed by atoms with Crippen molar-refractivity contribution in [3.8, 4) is 0 Å². The molecule has 0 fully saturated rings. The molecule has 0 spiro atoms. The number of nitrogen functional groups attached to an aromatic ring is 1. The molecule has 3 aromatic rings. The SMILES string of the molecule is CCNc1ncnc(N)c1C(=N)c1ccc2c(c1)CCN2C(=O)Cc1cccc(C)c1. The van der Waals surface area contributed by atoms with Gasteiger partial charge in [0.15, 0.2) is 0 Å². The molecule has 1 aliphatic heterocycles. The number of nitrogens with zero attached hydrogens (tertiary/aromatic N) is 3. The van der Waals surface area contributed by atoms with E-state index >= 15 is 0 Å². The van der Waals surface area contributed by atoms with Gasteiger partial charge in [0.05, 0.1) is 17.7 Å². The molecule has 0 radical (unpaired) electrons. The molecule has 31 heavy (non-hydrogen) atoms. The van der Waals surface area contributed by atoms with Crippen LogP contribution in [0.25, 0.3) is 0 Å². The summed E-state index contributed by atoms with van der Waals surface area (Å²) in [5.41, 5.74) is 11.7. The van der Waals surface area contributed by atoms with Gasteiger partial charge in [-0.15, -0.1) is 0 Å². The van der Waals surface area contributed by atoms with Gasteiger partial charge < -0.3 is 16.0 Å². The van der Waals surface area contributed by atoms with Crippen LogP contribution in [0.3, 0.4) is 0 Å².